The highest BCUT2D eigenvalue weighted by Gasteiger charge is 2.28. The Bertz CT molecular complexity index is 854. The molecule has 0 aliphatic carbocycles. The number of anilines is 1. The average Bonchev–Trinajstić information content (AvgIpc) is 2.74. The Labute approximate surface area is 163 Å². The lowest BCUT2D eigenvalue weighted by molar-refractivity contribution is -0.121. The van der Waals surface area contributed by atoms with Gasteiger partial charge in [0.1, 0.15) is 5.82 Å². The van der Waals surface area contributed by atoms with Crippen LogP contribution in [-0.2, 0) is 9.53 Å². The Morgan fingerprint density at radius 2 is 1.68 bits per heavy atom. The molecular weight excluding hydrogens is 358 g/mol. The van der Waals surface area contributed by atoms with Crippen molar-refractivity contribution < 1.29 is 19.1 Å². The molecule has 0 bridgehead atoms. The van der Waals surface area contributed by atoms with E-state index in [1.807, 2.05) is 13.0 Å². The molecule has 0 radical (unpaired) electrons. The van der Waals surface area contributed by atoms with Gasteiger partial charge in [-0.3, -0.25) is 9.59 Å². The third-order valence-corrected chi connectivity index (χ3v) is 4.87. The summed E-state index contributed by atoms with van der Waals surface area (Å²) in [5.41, 5.74) is 1.95. The Morgan fingerprint density at radius 1 is 1.04 bits per heavy atom. The summed E-state index contributed by atoms with van der Waals surface area (Å²) in [5.74, 6) is -0.205. The lowest BCUT2D eigenvalue weighted by Gasteiger charge is -2.31. The van der Waals surface area contributed by atoms with Crippen molar-refractivity contribution in [1.82, 2.24) is 9.88 Å². The van der Waals surface area contributed by atoms with Crippen molar-refractivity contribution >= 4 is 23.6 Å². The van der Waals surface area contributed by atoms with E-state index in [1.165, 1.54) is 7.11 Å². The smallest absolute Gasteiger partial charge is 0.337 e. The number of methoxy groups -OCH3 is 1. The number of pyridine rings is 1. The third-order valence-electron chi connectivity index (χ3n) is 4.87. The van der Waals surface area contributed by atoms with Crippen molar-refractivity contribution in [3.05, 3.63) is 59.3 Å². The highest BCUT2D eigenvalue weighted by Crippen LogP contribution is 2.21. The van der Waals surface area contributed by atoms with Gasteiger partial charge in [-0.15, -0.1) is 0 Å². The van der Waals surface area contributed by atoms with E-state index >= 15 is 0 Å². The highest BCUT2D eigenvalue weighted by atomic mass is 16.5. The molecule has 1 fully saturated rings. The quantitative estimate of drug-likeness (QED) is 0.823. The van der Waals surface area contributed by atoms with Gasteiger partial charge in [0.15, 0.2) is 0 Å². The number of ether oxygens (including phenoxy) is 1. The van der Waals surface area contributed by atoms with Crippen LogP contribution in [0.25, 0.3) is 0 Å². The molecule has 0 spiro atoms. The summed E-state index contributed by atoms with van der Waals surface area (Å²) in [6, 6.07) is 10.1. The largest absolute Gasteiger partial charge is 0.465 e. The Morgan fingerprint density at radius 3 is 2.25 bits per heavy atom. The van der Waals surface area contributed by atoms with Gasteiger partial charge in [0, 0.05) is 30.8 Å². The number of nitrogens with zero attached hydrogens (tertiary/aromatic N) is 2. The number of rotatable bonds is 4. The summed E-state index contributed by atoms with van der Waals surface area (Å²) in [6.07, 6.45) is 2.91. The molecule has 2 aromatic rings. The van der Waals surface area contributed by atoms with E-state index < -0.39 is 5.97 Å². The van der Waals surface area contributed by atoms with Crippen LogP contribution in [0.4, 0.5) is 5.82 Å². The first-order chi connectivity index (χ1) is 13.5. The van der Waals surface area contributed by atoms with Gasteiger partial charge in [-0.05, 0) is 55.7 Å². The molecule has 28 heavy (non-hydrogen) atoms. The van der Waals surface area contributed by atoms with Gasteiger partial charge in [-0.25, -0.2) is 9.78 Å². The van der Waals surface area contributed by atoms with E-state index in [-0.39, 0.29) is 17.7 Å². The number of aryl methyl sites for hydroxylation is 1. The molecule has 0 atom stereocenters. The minimum atomic E-state index is -0.436. The standard InChI is InChI=1S/C21H23N3O4/c1-14-3-8-18(22-13-14)23-19(25)15-9-11-24(12-10-15)20(26)16-4-6-17(7-5-16)21(27)28-2/h3-8,13,15H,9-12H2,1-2H3,(H,22,23,25). The molecular formula is C21H23N3O4. The third kappa shape index (κ3) is 4.54. The number of piperidine rings is 1. The molecule has 2 amide bonds. The second-order valence-corrected chi connectivity index (χ2v) is 6.85. The maximum Gasteiger partial charge on any atom is 0.337 e. The van der Waals surface area contributed by atoms with Crippen LogP contribution in [0.15, 0.2) is 42.6 Å². The van der Waals surface area contributed by atoms with Crippen LogP contribution in [-0.4, -0.2) is 47.9 Å². The monoisotopic (exact) mass is 381 g/mol. The molecule has 1 aromatic carbocycles. The van der Waals surface area contributed by atoms with Gasteiger partial charge in [0.25, 0.3) is 5.91 Å². The van der Waals surface area contributed by atoms with Crippen LogP contribution in [0.5, 0.6) is 0 Å². The summed E-state index contributed by atoms with van der Waals surface area (Å²) in [6.45, 7) is 2.96. The fourth-order valence-corrected chi connectivity index (χ4v) is 3.16. The Balaban J connectivity index is 1.54. The molecule has 146 valence electrons. The van der Waals surface area contributed by atoms with Crippen LogP contribution in [0.1, 0.15) is 39.1 Å². The molecule has 1 aliphatic heterocycles. The number of carbonyl (C=O) groups is 3. The number of aromatic nitrogens is 1. The molecule has 3 rings (SSSR count). The van der Waals surface area contributed by atoms with E-state index in [4.69, 9.17) is 0 Å². The van der Waals surface area contributed by atoms with E-state index in [1.54, 1.807) is 41.4 Å². The summed E-state index contributed by atoms with van der Waals surface area (Å²) in [7, 11) is 1.32. The molecule has 0 saturated carbocycles. The van der Waals surface area contributed by atoms with Gasteiger partial charge < -0.3 is 15.0 Å². The molecule has 1 N–H and O–H groups in total. The predicted octanol–water partition coefficient (Wildman–Crippen LogP) is 2.67. The molecule has 7 nitrogen and oxygen atoms in total. The first-order valence-electron chi connectivity index (χ1n) is 9.19. The number of carbonyl (C=O) groups excluding carboxylic acids is 3. The van der Waals surface area contributed by atoms with E-state index in [2.05, 4.69) is 15.0 Å². The number of hydrogen-bond donors (Lipinski definition) is 1. The van der Waals surface area contributed by atoms with Gasteiger partial charge >= 0.3 is 5.97 Å². The van der Waals surface area contributed by atoms with E-state index in [9.17, 15) is 14.4 Å². The van der Waals surface area contributed by atoms with Gasteiger partial charge in [0.2, 0.25) is 5.91 Å². The maximum absolute atomic E-state index is 12.6. The lowest BCUT2D eigenvalue weighted by Crippen LogP contribution is -2.41. The van der Waals surface area contributed by atoms with Gasteiger partial charge in [0.05, 0.1) is 12.7 Å². The SMILES string of the molecule is COC(=O)c1ccc(C(=O)N2CCC(C(=O)Nc3ccc(C)cn3)CC2)cc1. The van der Waals surface area contributed by atoms with Crippen LogP contribution < -0.4 is 5.32 Å². The highest BCUT2D eigenvalue weighted by molar-refractivity contribution is 5.96. The maximum atomic E-state index is 12.6. The van der Waals surface area contributed by atoms with Crippen molar-refractivity contribution in [3.8, 4) is 0 Å². The molecule has 1 saturated heterocycles. The average molecular weight is 381 g/mol. The Hall–Kier alpha value is -3.22. The van der Waals surface area contributed by atoms with Crippen molar-refractivity contribution in [2.75, 3.05) is 25.5 Å². The number of amides is 2. The van der Waals surface area contributed by atoms with Crippen molar-refractivity contribution in [3.63, 3.8) is 0 Å². The van der Waals surface area contributed by atoms with Crippen molar-refractivity contribution in [1.29, 1.82) is 0 Å². The molecule has 7 heteroatoms. The second-order valence-electron chi connectivity index (χ2n) is 6.85. The zero-order valence-electron chi connectivity index (χ0n) is 16.0. The molecule has 1 aromatic heterocycles. The molecule has 2 heterocycles. The first-order valence-corrected chi connectivity index (χ1v) is 9.19. The Kier molecular flexibility index (Phi) is 6.03. The molecule has 1 aliphatic rings. The second kappa shape index (κ2) is 8.65. The van der Waals surface area contributed by atoms with Crippen LogP contribution in [0.2, 0.25) is 0 Å². The van der Waals surface area contributed by atoms with E-state index in [0.29, 0.717) is 42.9 Å². The minimum absolute atomic E-state index is 0.0640. The van der Waals surface area contributed by atoms with E-state index in [0.717, 1.165) is 5.56 Å². The zero-order chi connectivity index (χ0) is 20.1. The minimum Gasteiger partial charge on any atom is -0.465 e. The summed E-state index contributed by atoms with van der Waals surface area (Å²) in [4.78, 5) is 42.5. The van der Waals surface area contributed by atoms with Crippen molar-refractivity contribution in [2.45, 2.75) is 19.8 Å². The predicted molar refractivity (Wildman–Crippen MR) is 104 cm³/mol. The summed E-state index contributed by atoms with van der Waals surface area (Å²) < 4.78 is 4.66. The normalized spacial score (nSPS) is 14.4. The number of esters is 1. The van der Waals surface area contributed by atoms with Crippen LogP contribution in [0, 0.1) is 12.8 Å². The topological polar surface area (TPSA) is 88.6 Å². The number of benzene rings is 1. The first kappa shape index (κ1) is 19.5. The number of hydrogen-bond acceptors (Lipinski definition) is 5. The fourth-order valence-electron chi connectivity index (χ4n) is 3.16. The van der Waals surface area contributed by atoms with Crippen molar-refractivity contribution in [2.24, 2.45) is 5.92 Å². The lowest BCUT2D eigenvalue weighted by atomic mass is 9.95. The summed E-state index contributed by atoms with van der Waals surface area (Å²) in [5, 5.41) is 2.84. The molecule has 0 unspecified atom stereocenters. The fraction of sp³-hybridized carbons (Fsp3) is 0.333. The van der Waals surface area contributed by atoms with Gasteiger partial charge in [-0.1, -0.05) is 6.07 Å². The van der Waals surface area contributed by atoms with Gasteiger partial charge in [-0.2, -0.15) is 0 Å². The summed E-state index contributed by atoms with van der Waals surface area (Å²) >= 11 is 0. The van der Waals surface area contributed by atoms with Crippen LogP contribution in [0.3, 0.4) is 0 Å². The zero-order valence-corrected chi connectivity index (χ0v) is 16.0. The number of likely N-dealkylation sites (tertiary alicyclic amines) is 1. The number of nitrogens with one attached hydrogen (secondary N) is 1. The van der Waals surface area contributed by atoms with Crippen LogP contribution >= 0.6 is 0 Å².